The highest BCUT2D eigenvalue weighted by atomic mass is 32.2. The molecule has 0 aliphatic carbocycles. The molecule has 2 N–H and O–H groups in total. The number of anilines is 3. The lowest BCUT2D eigenvalue weighted by atomic mass is 10.2. The van der Waals surface area contributed by atoms with Gasteiger partial charge in [-0.2, -0.15) is 0 Å². The monoisotopic (exact) mass is 329 g/mol. The van der Waals surface area contributed by atoms with Crippen LogP contribution >= 0.6 is 11.8 Å². The lowest BCUT2D eigenvalue weighted by Gasteiger charge is -2.14. The van der Waals surface area contributed by atoms with Gasteiger partial charge in [0.1, 0.15) is 0 Å². The summed E-state index contributed by atoms with van der Waals surface area (Å²) in [7, 11) is 3.82. The summed E-state index contributed by atoms with van der Waals surface area (Å²) in [5.41, 5.74) is 2.11. The Kier molecular flexibility index (Phi) is 5.65. The average molecular weight is 329 g/mol. The van der Waals surface area contributed by atoms with E-state index in [1.165, 1.54) is 0 Å². The zero-order valence-corrected chi connectivity index (χ0v) is 14.1. The molecule has 0 heterocycles. The van der Waals surface area contributed by atoms with Crippen molar-refractivity contribution in [2.75, 3.05) is 35.9 Å². The van der Waals surface area contributed by atoms with Crippen LogP contribution in [0.2, 0.25) is 0 Å². The van der Waals surface area contributed by atoms with E-state index in [1.807, 2.05) is 55.6 Å². The van der Waals surface area contributed by atoms with Crippen molar-refractivity contribution < 1.29 is 9.59 Å². The molecule has 2 rings (SSSR count). The molecule has 0 unspecified atom stereocenters. The third-order valence-electron chi connectivity index (χ3n) is 3.15. The molecule has 0 bridgehead atoms. The van der Waals surface area contributed by atoms with Crippen molar-refractivity contribution in [3.05, 3.63) is 48.5 Å². The van der Waals surface area contributed by atoms with Gasteiger partial charge in [0, 0.05) is 36.1 Å². The third kappa shape index (κ3) is 4.75. The lowest BCUT2D eigenvalue weighted by molar-refractivity contribution is -0.132. The second-order valence-corrected chi connectivity index (χ2v) is 5.96. The van der Waals surface area contributed by atoms with Crippen LogP contribution in [0.15, 0.2) is 53.4 Å². The highest BCUT2D eigenvalue weighted by Crippen LogP contribution is 2.19. The van der Waals surface area contributed by atoms with E-state index in [0.29, 0.717) is 11.4 Å². The zero-order valence-electron chi connectivity index (χ0n) is 13.3. The SMILES string of the molecule is CSc1cccc(NC(=O)C(=O)Nc2cccc(N(C)C)c2)c1. The molecule has 0 atom stereocenters. The van der Waals surface area contributed by atoms with Crippen LogP contribution in [0.3, 0.4) is 0 Å². The maximum atomic E-state index is 12.0. The number of hydrogen-bond acceptors (Lipinski definition) is 4. The highest BCUT2D eigenvalue weighted by Gasteiger charge is 2.14. The summed E-state index contributed by atoms with van der Waals surface area (Å²) in [4.78, 5) is 26.9. The van der Waals surface area contributed by atoms with E-state index in [9.17, 15) is 9.59 Å². The van der Waals surface area contributed by atoms with Crippen LogP contribution in [0.5, 0.6) is 0 Å². The Morgan fingerprint density at radius 1 is 0.913 bits per heavy atom. The van der Waals surface area contributed by atoms with E-state index in [4.69, 9.17) is 0 Å². The predicted octanol–water partition coefficient (Wildman–Crippen LogP) is 3.05. The molecule has 0 aliphatic rings. The Morgan fingerprint density at radius 3 is 2.04 bits per heavy atom. The maximum absolute atomic E-state index is 12.0. The fourth-order valence-corrected chi connectivity index (χ4v) is 2.40. The molecular weight excluding hydrogens is 310 g/mol. The van der Waals surface area contributed by atoms with Gasteiger partial charge in [0.15, 0.2) is 0 Å². The Bertz CT molecular complexity index is 716. The third-order valence-corrected chi connectivity index (χ3v) is 3.88. The number of carbonyl (C=O) groups excluding carboxylic acids is 2. The van der Waals surface area contributed by atoms with Crippen LogP contribution < -0.4 is 15.5 Å². The van der Waals surface area contributed by atoms with Crippen LogP contribution in [0.1, 0.15) is 0 Å². The number of nitrogens with one attached hydrogen (secondary N) is 2. The summed E-state index contributed by atoms with van der Waals surface area (Å²) in [6, 6.07) is 14.6. The number of nitrogens with zero attached hydrogens (tertiary/aromatic N) is 1. The van der Waals surface area contributed by atoms with E-state index in [-0.39, 0.29) is 0 Å². The first-order valence-electron chi connectivity index (χ1n) is 7.03. The average Bonchev–Trinajstić information content (AvgIpc) is 2.55. The fourth-order valence-electron chi connectivity index (χ4n) is 1.94. The molecule has 0 aromatic heterocycles. The molecule has 120 valence electrons. The second-order valence-electron chi connectivity index (χ2n) is 5.08. The molecule has 2 aromatic rings. The summed E-state index contributed by atoms with van der Waals surface area (Å²) in [6.45, 7) is 0. The molecule has 6 heteroatoms. The van der Waals surface area contributed by atoms with E-state index in [0.717, 1.165) is 10.6 Å². The van der Waals surface area contributed by atoms with Crippen molar-refractivity contribution in [1.82, 2.24) is 0 Å². The zero-order chi connectivity index (χ0) is 16.8. The van der Waals surface area contributed by atoms with Gasteiger partial charge in [-0.15, -0.1) is 11.8 Å². The van der Waals surface area contributed by atoms with Crippen LogP contribution in [0, 0.1) is 0 Å². The number of carbonyl (C=O) groups is 2. The Labute approximate surface area is 140 Å². The van der Waals surface area contributed by atoms with Crippen molar-refractivity contribution >= 4 is 40.6 Å². The van der Waals surface area contributed by atoms with Crippen molar-refractivity contribution in [2.24, 2.45) is 0 Å². The molecule has 0 spiro atoms. The van der Waals surface area contributed by atoms with Gasteiger partial charge < -0.3 is 15.5 Å². The summed E-state index contributed by atoms with van der Waals surface area (Å²) < 4.78 is 0. The number of rotatable bonds is 4. The van der Waals surface area contributed by atoms with Gasteiger partial charge in [-0.1, -0.05) is 12.1 Å². The van der Waals surface area contributed by atoms with E-state index >= 15 is 0 Å². The minimum absolute atomic E-state index is 0.578. The van der Waals surface area contributed by atoms with Crippen molar-refractivity contribution in [1.29, 1.82) is 0 Å². The van der Waals surface area contributed by atoms with Crippen molar-refractivity contribution in [3.63, 3.8) is 0 Å². The molecule has 0 aliphatic heterocycles. The van der Waals surface area contributed by atoms with Crippen LogP contribution in [0.25, 0.3) is 0 Å². The van der Waals surface area contributed by atoms with Gasteiger partial charge in [-0.3, -0.25) is 9.59 Å². The normalized spacial score (nSPS) is 10.0. The van der Waals surface area contributed by atoms with Crippen LogP contribution in [0.4, 0.5) is 17.1 Å². The molecule has 0 saturated carbocycles. The topological polar surface area (TPSA) is 61.4 Å². The second kappa shape index (κ2) is 7.69. The summed E-state index contributed by atoms with van der Waals surface area (Å²) in [5.74, 6) is -1.39. The molecule has 23 heavy (non-hydrogen) atoms. The number of hydrogen-bond donors (Lipinski definition) is 2. The van der Waals surface area contributed by atoms with E-state index in [2.05, 4.69) is 10.6 Å². The highest BCUT2D eigenvalue weighted by molar-refractivity contribution is 7.98. The van der Waals surface area contributed by atoms with E-state index < -0.39 is 11.8 Å². The molecular formula is C17H19N3O2S. The van der Waals surface area contributed by atoms with Gasteiger partial charge >= 0.3 is 11.8 Å². The molecule has 5 nitrogen and oxygen atoms in total. The van der Waals surface area contributed by atoms with Gasteiger partial charge in [0.25, 0.3) is 0 Å². The van der Waals surface area contributed by atoms with Crippen LogP contribution in [-0.2, 0) is 9.59 Å². The van der Waals surface area contributed by atoms with Gasteiger partial charge in [-0.05, 0) is 42.7 Å². The first-order valence-corrected chi connectivity index (χ1v) is 8.26. The van der Waals surface area contributed by atoms with Crippen molar-refractivity contribution in [3.8, 4) is 0 Å². The summed E-state index contributed by atoms with van der Waals surface area (Å²) in [6.07, 6.45) is 1.95. The summed E-state index contributed by atoms with van der Waals surface area (Å²) >= 11 is 1.57. The number of amides is 2. The van der Waals surface area contributed by atoms with Crippen LogP contribution in [-0.4, -0.2) is 32.2 Å². The Hall–Kier alpha value is -2.47. The Morgan fingerprint density at radius 2 is 1.48 bits per heavy atom. The summed E-state index contributed by atoms with van der Waals surface area (Å²) in [5, 5.41) is 5.20. The maximum Gasteiger partial charge on any atom is 0.314 e. The number of thioether (sulfide) groups is 1. The molecule has 0 saturated heterocycles. The lowest BCUT2D eigenvalue weighted by Crippen LogP contribution is -2.29. The van der Waals surface area contributed by atoms with Gasteiger partial charge in [-0.25, -0.2) is 0 Å². The molecule has 0 radical (unpaired) electrons. The van der Waals surface area contributed by atoms with E-state index in [1.54, 1.807) is 30.0 Å². The molecule has 2 amide bonds. The fraction of sp³-hybridized carbons (Fsp3) is 0.176. The minimum atomic E-state index is -0.699. The van der Waals surface area contributed by atoms with Gasteiger partial charge in [0.05, 0.1) is 0 Å². The first kappa shape index (κ1) is 16.9. The minimum Gasteiger partial charge on any atom is -0.378 e. The molecule has 2 aromatic carbocycles. The first-order chi connectivity index (χ1) is 11.0. The smallest absolute Gasteiger partial charge is 0.314 e. The van der Waals surface area contributed by atoms with Crippen molar-refractivity contribution in [2.45, 2.75) is 4.90 Å². The van der Waals surface area contributed by atoms with Gasteiger partial charge in [0.2, 0.25) is 0 Å². The number of benzene rings is 2. The quantitative estimate of drug-likeness (QED) is 0.668. The largest absolute Gasteiger partial charge is 0.378 e. The predicted molar refractivity (Wildman–Crippen MR) is 96.3 cm³/mol. The Balaban J connectivity index is 2.02. The standard InChI is InChI=1S/C17H19N3O2S/c1-20(2)14-8-4-6-12(10-14)18-16(21)17(22)19-13-7-5-9-15(11-13)23-3/h4-11H,1-3H3,(H,18,21)(H,19,22). The molecule has 0 fully saturated rings.